The molecule has 1 aliphatic carbocycles. The van der Waals surface area contributed by atoms with Crippen LogP contribution in [0.1, 0.15) is 36.2 Å². The quantitative estimate of drug-likeness (QED) is 0.899. The second kappa shape index (κ2) is 4.96. The summed E-state index contributed by atoms with van der Waals surface area (Å²) in [5, 5.41) is 3.81. The number of nitrogens with one attached hydrogen (secondary N) is 1. The average molecular weight is 258 g/mol. The molecular formula is C15H15FN2O. The van der Waals surface area contributed by atoms with Gasteiger partial charge in [0.25, 0.3) is 5.91 Å². The molecule has 1 amide bonds. The van der Waals surface area contributed by atoms with E-state index in [4.69, 9.17) is 0 Å². The van der Waals surface area contributed by atoms with Gasteiger partial charge in [0.2, 0.25) is 0 Å². The molecule has 0 saturated heterocycles. The van der Waals surface area contributed by atoms with Crippen LogP contribution in [0.4, 0.5) is 4.39 Å². The van der Waals surface area contributed by atoms with Crippen molar-refractivity contribution in [1.82, 2.24) is 10.3 Å². The number of rotatable bonds is 2. The van der Waals surface area contributed by atoms with Gasteiger partial charge in [0.15, 0.2) is 0 Å². The maximum Gasteiger partial charge on any atom is 0.270 e. The van der Waals surface area contributed by atoms with Gasteiger partial charge in [0, 0.05) is 17.5 Å². The van der Waals surface area contributed by atoms with Crippen LogP contribution in [0, 0.1) is 5.82 Å². The molecule has 1 N–H and O–H groups in total. The predicted molar refractivity (Wildman–Crippen MR) is 71.4 cm³/mol. The second-order valence-corrected chi connectivity index (χ2v) is 4.99. The minimum Gasteiger partial charge on any atom is -0.348 e. The molecule has 19 heavy (non-hydrogen) atoms. The maximum absolute atomic E-state index is 13.2. The molecule has 3 nitrogen and oxygen atoms in total. The summed E-state index contributed by atoms with van der Waals surface area (Å²) >= 11 is 0. The number of halogens is 1. The van der Waals surface area contributed by atoms with Crippen molar-refractivity contribution < 1.29 is 9.18 Å². The van der Waals surface area contributed by atoms with E-state index < -0.39 is 0 Å². The Morgan fingerprint density at radius 3 is 2.74 bits per heavy atom. The van der Waals surface area contributed by atoms with Crippen molar-refractivity contribution in [1.29, 1.82) is 0 Å². The topological polar surface area (TPSA) is 42.0 Å². The van der Waals surface area contributed by atoms with Crippen LogP contribution in [-0.2, 0) is 0 Å². The molecule has 98 valence electrons. The number of benzene rings is 1. The number of hydrogen-bond donors (Lipinski definition) is 1. The van der Waals surface area contributed by atoms with Crippen molar-refractivity contribution in [2.24, 2.45) is 0 Å². The van der Waals surface area contributed by atoms with Gasteiger partial charge in [-0.2, -0.15) is 0 Å². The summed E-state index contributed by atoms with van der Waals surface area (Å²) in [6, 6.07) is 8.15. The first kappa shape index (κ1) is 12.1. The predicted octanol–water partition coefficient (Wildman–Crippen LogP) is 3.05. The summed E-state index contributed by atoms with van der Waals surface area (Å²) in [7, 11) is 0. The maximum atomic E-state index is 13.2. The minimum atomic E-state index is -0.339. The van der Waals surface area contributed by atoms with Crippen molar-refractivity contribution in [2.45, 2.75) is 31.7 Å². The zero-order valence-electron chi connectivity index (χ0n) is 10.5. The molecule has 1 saturated carbocycles. The Bertz CT molecular complexity index is 621. The Labute approximate surface area is 110 Å². The zero-order valence-corrected chi connectivity index (χ0v) is 10.5. The molecule has 0 radical (unpaired) electrons. The van der Waals surface area contributed by atoms with Crippen LogP contribution in [-0.4, -0.2) is 16.9 Å². The van der Waals surface area contributed by atoms with Crippen LogP contribution < -0.4 is 5.32 Å². The summed E-state index contributed by atoms with van der Waals surface area (Å²) < 4.78 is 13.2. The van der Waals surface area contributed by atoms with Crippen molar-refractivity contribution in [3.63, 3.8) is 0 Å². The molecule has 3 rings (SSSR count). The minimum absolute atomic E-state index is 0.168. The molecule has 0 aliphatic heterocycles. The molecule has 1 aliphatic rings. The summed E-state index contributed by atoms with van der Waals surface area (Å²) in [5.74, 6) is -0.508. The lowest BCUT2D eigenvalue weighted by atomic mass is 10.2. The third-order valence-corrected chi connectivity index (χ3v) is 3.58. The van der Waals surface area contributed by atoms with Gasteiger partial charge in [-0.25, -0.2) is 9.37 Å². The fraction of sp³-hybridized carbons (Fsp3) is 0.333. The van der Waals surface area contributed by atoms with Crippen molar-refractivity contribution in [3.05, 3.63) is 41.8 Å². The Balaban J connectivity index is 1.85. The number of amides is 1. The third kappa shape index (κ3) is 2.57. The number of hydrogen-bond acceptors (Lipinski definition) is 2. The van der Waals surface area contributed by atoms with Crippen LogP contribution in [0.2, 0.25) is 0 Å². The monoisotopic (exact) mass is 258 g/mol. The van der Waals surface area contributed by atoms with E-state index in [0.29, 0.717) is 11.2 Å². The molecular weight excluding hydrogens is 243 g/mol. The van der Waals surface area contributed by atoms with E-state index in [1.807, 2.05) is 0 Å². The lowest BCUT2D eigenvalue weighted by molar-refractivity contribution is 0.0933. The van der Waals surface area contributed by atoms with E-state index in [1.54, 1.807) is 18.2 Å². The lowest BCUT2D eigenvalue weighted by Gasteiger charge is -2.11. The number of nitrogens with zero attached hydrogens (tertiary/aromatic N) is 1. The van der Waals surface area contributed by atoms with Gasteiger partial charge in [0.1, 0.15) is 11.5 Å². The Morgan fingerprint density at radius 2 is 1.95 bits per heavy atom. The van der Waals surface area contributed by atoms with E-state index in [9.17, 15) is 9.18 Å². The van der Waals surface area contributed by atoms with E-state index >= 15 is 0 Å². The molecule has 1 aromatic carbocycles. The number of aromatic nitrogens is 1. The summed E-state index contributed by atoms with van der Waals surface area (Å²) in [5.41, 5.74) is 0.865. The first-order chi connectivity index (χ1) is 9.22. The molecule has 4 heteroatoms. The average Bonchev–Trinajstić information content (AvgIpc) is 2.90. The molecule has 1 fully saturated rings. The van der Waals surface area contributed by atoms with Gasteiger partial charge >= 0.3 is 0 Å². The summed E-state index contributed by atoms with van der Waals surface area (Å²) in [6.07, 6.45) is 4.41. The number of pyridine rings is 1. The zero-order chi connectivity index (χ0) is 13.2. The Morgan fingerprint density at radius 1 is 1.21 bits per heavy atom. The molecule has 1 aromatic heterocycles. The highest BCUT2D eigenvalue weighted by Gasteiger charge is 2.18. The SMILES string of the molecule is O=C(NC1CCCC1)c1ccc2ccc(F)cc2n1. The van der Waals surface area contributed by atoms with Gasteiger partial charge in [-0.3, -0.25) is 4.79 Å². The highest BCUT2D eigenvalue weighted by Crippen LogP contribution is 2.18. The molecule has 0 bridgehead atoms. The van der Waals surface area contributed by atoms with Crippen LogP contribution in [0.15, 0.2) is 30.3 Å². The van der Waals surface area contributed by atoms with E-state index in [0.717, 1.165) is 18.2 Å². The van der Waals surface area contributed by atoms with Crippen LogP contribution in [0.25, 0.3) is 10.9 Å². The fourth-order valence-corrected chi connectivity index (χ4v) is 2.55. The van der Waals surface area contributed by atoms with Gasteiger partial charge in [-0.15, -0.1) is 0 Å². The second-order valence-electron chi connectivity index (χ2n) is 4.99. The van der Waals surface area contributed by atoms with Crippen LogP contribution in [0.5, 0.6) is 0 Å². The van der Waals surface area contributed by atoms with Gasteiger partial charge in [-0.1, -0.05) is 18.9 Å². The molecule has 0 unspecified atom stereocenters. The Hall–Kier alpha value is -1.97. The number of carbonyl (C=O) groups is 1. The van der Waals surface area contributed by atoms with Crippen molar-refractivity contribution in [3.8, 4) is 0 Å². The third-order valence-electron chi connectivity index (χ3n) is 3.58. The van der Waals surface area contributed by atoms with E-state index in [2.05, 4.69) is 10.3 Å². The molecule has 0 spiro atoms. The largest absolute Gasteiger partial charge is 0.348 e. The molecule has 1 heterocycles. The molecule has 2 aromatic rings. The first-order valence-electron chi connectivity index (χ1n) is 6.59. The summed E-state index contributed by atoms with van der Waals surface area (Å²) in [6.45, 7) is 0. The smallest absolute Gasteiger partial charge is 0.270 e. The normalized spacial score (nSPS) is 15.8. The van der Waals surface area contributed by atoms with Crippen LogP contribution in [0.3, 0.4) is 0 Å². The van der Waals surface area contributed by atoms with Gasteiger partial charge in [-0.05, 0) is 31.0 Å². The van der Waals surface area contributed by atoms with Gasteiger partial charge < -0.3 is 5.32 Å². The fourth-order valence-electron chi connectivity index (χ4n) is 2.55. The Kier molecular flexibility index (Phi) is 3.15. The van der Waals surface area contributed by atoms with Crippen molar-refractivity contribution in [2.75, 3.05) is 0 Å². The van der Waals surface area contributed by atoms with Crippen LogP contribution >= 0.6 is 0 Å². The number of carbonyl (C=O) groups excluding carboxylic acids is 1. The first-order valence-corrected chi connectivity index (χ1v) is 6.59. The highest BCUT2D eigenvalue weighted by molar-refractivity contribution is 5.95. The number of fused-ring (bicyclic) bond motifs is 1. The van der Waals surface area contributed by atoms with Crippen molar-refractivity contribution >= 4 is 16.8 Å². The highest BCUT2D eigenvalue weighted by atomic mass is 19.1. The lowest BCUT2D eigenvalue weighted by Crippen LogP contribution is -2.33. The molecule has 0 atom stereocenters. The van der Waals surface area contributed by atoms with E-state index in [1.165, 1.54) is 25.0 Å². The van der Waals surface area contributed by atoms with Gasteiger partial charge in [0.05, 0.1) is 5.52 Å². The standard InChI is InChI=1S/C15H15FN2O/c16-11-7-5-10-6-8-13(18-14(10)9-11)15(19)17-12-3-1-2-4-12/h5-9,12H,1-4H2,(H,17,19). The summed E-state index contributed by atoms with van der Waals surface area (Å²) in [4.78, 5) is 16.3. The van der Waals surface area contributed by atoms with E-state index in [-0.39, 0.29) is 17.8 Å².